The number of nitrogens with one attached hydrogen (secondary N) is 1. The van der Waals surface area contributed by atoms with E-state index in [1.165, 1.54) is 26.4 Å². The SMILES string of the molecule is COc1ccc(NC(=O)[C@H]2[C@H](c3ccc(S(N)(=O)=O)cc3)C23CCCC3)c(OC)n1. The Morgan fingerprint density at radius 3 is 2.33 bits per heavy atom. The molecule has 1 spiro atoms. The number of anilines is 1. The van der Waals surface area contributed by atoms with Crippen LogP contribution in [-0.4, -0.2) is 33.5 Å². The fraction of sp³-hybridized carbons (Fsp3) is 0.429. The molecule has 1 amide bonds. The van der Waals surface area contributed by atoms with Crippen LogP contribution >= 0.6 is 0 Å². The van der Waals surface area contributed by atoms with Gasteiger partial charge < -0.3 is 14.8 Å². The average molecular weight is 432 g/mol. The van der Waals surface area contributed by atoms with E-state index >= 15 is 0 Å². The van der Waals surface area contributed by atoms with Gasteiger partial charge in [0.2, 0.25) is 27.7 Å². The van der Waals surface area contributed by atoms with Crippen molar-refractivity contribution in [1.29, 1.82) is 0 Å². The highest BCUT2D eigenvalue weighted by molar-refractivity contribution is 7.89. The van der Waals surface area contributed by atoms with Crippen LogP contribution in [0.1, 0.15) is 37.2 Å². The van der Waals surface area contributed by atoms with Crippen LogP contribution in [0, 0.1) is 11.3 Å². The Balaban J connectivity index is 1.59. The van der Waals surface area contributed by atoms with Crippen molar-refractivity contribution in [3.63, 3.8) is 0 Å². The number of nitrogens with two attached hydrogens (primary N) is 1. The van der Waals surface area contributed by atoms with E-state index in [0.717, 1.165) is 31.2 Å². The number of ether oxygens (including phenoxy) is 2. The Hall–Kier alpha value is -2.65. The van der Waals surface area contributed by atoms with Crippen LogP contribution < -0.4 is 19.9 Å². The number of methoxy groups -OCH3 is 2. The molecule has 2 fully saturated rings. The van der Waals surface area contributed by atoms with Crippen LogP contribution in [0.2, 0.25) is 0 Å². The molecule has 2 saturated carbocycles. The van der Waals surface area contributed by atoms with Crippen LogP contribution in [0.4, 0.5) is 5.69 Å². The Bertz CT molecular complexity index is 1060. The minimum absolute atomic E-state index is 0.0479. The number of primary sulfonamides is 1. The van der Waals surface area contributed by atoms with Gasteiger partial charge in [0.15, 0.2) is 0 Å². The molecular weight excluding hydrogens is 406 g/mol. The third-order valence-corrected chi connectivity index (χ3v) is 7.27. The minimum Gasteiger partial charge on any atom is -0.481 e. The van der Waals surface area contributed by atoms with Gasteiger partial charge in [-0.15, -0.1) is 0 Å². The number of aromatic nitrogens is 1. The highest BCUT2D eigenvalue weighted by Crippen LogP contribution is 2.72. The van der Waals surface area contributed by atoms with E-state index in [1.807, 2.05) is 0 Å². The molecule has 0 aliphatic heterocycles. The highest BCUT2D eigenvalue weighted by Gasteiger charge is 2.68. The molecule has 2 aromatic rings. The summed E-state index contributed by atoms with van der Waals surface area (Å²) in [5, 5.41) is 8.17. The maximum absolute atomic E-state index is 13.2. The largest absolute Gasteiger partial charge is 0.481 e. The van der Waals surface area contributed by atoms with Crippen molar-refractivity contribution in [2.24, 2.45) is 16.5 Å². The topological polar surface area (TPSA) is 121 Å². The molecule has 0 radical (unpaired) electrons. The predicted molar refractivity (Wildman–Crippen MR) is 111 cm³/mol. The second-order valence-corrected chi connectivity index (χ2v) is 9.47. The Labute approximate surface area is 175 Å². The Morgan fingerprint density at radius 2 is 1.77 bits per heavy atom. The lowest BCUT2D eigenvalue weighted by Gasteiger charge is -2.12. The molecule has 0 saturated heterocycles. The molecule has 30 heavy (non-hydrogen) atoms. The highest BCUT2D eigenvalue weighted by atomic mass is 32.2. The standard InChI is InChI=1S/C21H25N3O5S/c1-28-16-10-9-15(20(24-16)29-2)23-19(25)18-17(21(18)11-3-4-12-21)13-5-7-14(8-6-13)30(22,26)27/h5-10,17-18H,3-4,11-12H2,1-2H3,(H,23,25)(H2,22,26,27)/t17-,18+/m0/s1. The van der Waals surface area contributed by atoms with Crippen molar-refractivity contribution in [1.82, 2.24) is 4.98 Å². The van der Waals surface area contributed by atoms with E-state index in [1.54, 1.807) is 24.3 Å². The molecule has 9 heteroatoms. The molecule has 1 aromatic carbocycles. The fourth-order valence-electron chi connectivity index (χ4n) is 4.95. The lowest BCUT2D eigenvalue weighted by molar-refractivity contribution is -0.118. The molecule has 4 rings (SSSR count). The van der Waals surface area contributed by atoms with Gasteiger partial charge in [-0.2, -0.15) is 4.98 Å². The van der Waals surface area contributed by atoms with Gasteiger partial charge in [-0.05, 0) is 42.0 Å². The van der Waals surface area contributed by atoms with Crippen LogP contribution in [0.25, 0.3) is 0 Å². The number of hydrogen-bond acceptors (Lipinski definition) is 6. The molecule has 2 aliphatic carbocycles. The number of benzene rings is 1. The van der Waals surface area contributed by atoms with Crippen molar-refractivity contribution in [3.8, 4) is 11.8 Å². The van der Waals surface area contributed by atoms with E-state index in [2.05, 4.69) is 10.3 Å². The molecule has 0 unspecified atom stereocenters. The van der Waals surface area contributed by atoms with E-state index in [0.29, 0.717) is 11.6 Å². The van der Waals surface area contributed by atoms with Crippen molar-refractivity contribution >= 4 is 21.6 Å². The molecule has 1 aromatic heterocycles. The molecule has 160 valence electrons. The number of hydrogen-bond donors (Lipinski definition) is 2. The quantitative estimate of drug-likeness (QED) is 0.725. The first-order valence-corrected chi connectivity index (χ1v) is 11.4. The summed E-state index contributed by atoms with van der Waals surface area (Å²) in [5.74, 6) is 0.468. The second-order valence-electron chi connectivity index (χ2n) is 7.91. The molecule has 1 heterocycles. The van der Waals surface area contributed by atoms with Gasteiger partial charge >= 0.3 is 0 Å². The van der Waals surface area contributed by atoms with Gasteiger partial charge in [0, 0.05) is 12.0 Å². The van der Waals surface area contributed by atoms with Gasteiger partial charge in [0.1, 0.15) is 5.69 Å². The maximum atomic E-state index is 13.2. The Kier molecular flexibility index (Phi) is 5.19. The first kappa shape index (κ1) is 20.6. The minimum atomic E-state index is -3.75. The number of amides is 1. The van der Waals surface area contributed by atoms with E-state index < -0.39 is 10.0 Å². The van der Waals surface area contributed by atoms with Gasteiger partial charge in [-0.3, -0.25) is 4.79 Å². The molecular formula is C21H25N3O5S. The normalized spacial score (nSPS) is 22.0. The summed E-state index contributed by atoms with van der Waals surface area (Å²) in [7, 11) is -0.744. The van der Waals surface area contributed by atoms with Crippen molar-refractivity contribution in [2.45, 2.75) is 36.5 Å². The van der Waals surface area contributed by atoms with Crippen LogP contribution in [0.15, 0.2) is 41.3 Å². The Morgan fingerprint density at radius 1 is 1.10 bits per heavy atom. The summed E-state index contributed by atoms with van der Waals surface area (Å²) in [5.41, 5.74) is 1.37. The van der Waals surface area contributed by atoms with Gasteiger partial charge in [-0.25, -0.2) is 13.6 Å². The van der Waals surface area contributed by atoms with Gasteiger partial charge in [0.05, 0.1) is 25.0 Å². The van der Waals surface area contributed by atoms with E-state index in [4.69, 9.17) is 14.6 Å². The summed E-state index contributed by atoms with van der Waals surface area (Å²) >= 11 is 0. The average Bonchev–Trinajstić information content (AvgIpc) is 3.11. The molecule has 2 aliphatic rings. The summed E-state index contributed by atoms with van der Waals surface area (Å²) in [6.45, 7) is 0. The van der Waals surface area contributed by atoms with Crippen molar-refractivity contribution in [3.05, 3.63) is 42.0 Å². The zero-order valence-electron chi connectivity index (χ0n) is 16.9. The monoisotopic (exact) mass is 431 g/mol. The van der Waals surface area contributed by atoms with Crippen LogP contribution in [0.5, 0.6) is 11.8 Å². The smallest absolute Gasteiger partial charge is 0.240 e. The fourth-order valence-corrected chi connectivity index (χ4v) is 5.46. The number of sulfonamides is 1. The first-order valence-electron chi connectivity index (χ1n) is 9.83. The zero-order chi connectivity index (χ0) is 21.5. The van der Waals surface area contributed by atoms with Crippen molar-refractivity contribution < 1.29 is 22.7 Å². The first-order chi connectivity index (χ1) is 14.3. The van der Waals surface area contributed by atoms with Crippen molar-refractivity contribution in [2.75, 3.05) is 19.5 Å². The lowest BCUT2D eigenvalue weighted by atomic mass is 9.97. The number of pyridine rings is 1. The zero-order valence-corrected chi connectivity index (χ0v) is 17.7. The number of carbonyl (C=O) groups excluding carboxylic acids is 1. The van der Waals surface area contributed by atoms with Gasteiger partial charge in [0.25, 0.3) is 0 Å². The number of nitrogens with zero attached hydrogens (tertiary/aromatic N) is 1. The molecule has 0 bridgehead atoms. The summed E-state index contributed by atoms with van der Waals surface area (Å²) in [6.07, 6.45) is 4.13. The summed E-state index contributed by atoms with van der Waals surface area (Å²) in [4.78, 5) is 17.5. The number of rotatable bonds is 6. The van der Waals surface area contributed by atoms with E-state index in [9.17, 15) is 13.2 Å². The maximum Gasteiger partial charge on any atom is 0.240 e. The second kappa shape index (κ2) is 7.55. The number of carbonyl (C=O) groups is 1. The summed E-state index contributed by atoms with van der Waals surface area (Å²) in [6, 6.07) is 9.94. The lowest BCUT2D eigenvalue weighted by Crippen LogP contribution is -2.18. The third-order valence-electron chi connectivity index (χ3n) is 6.34. The predicted octanol–water partition coefficient (Wildman–Crippen LogP) is 2.66. The van der Waals surface area contributed by atoms with Crippen LogP contribution in [-0.2, 0) is 14.8 Å². The summed E-state index contributed by atoms with van der Waals surface area (Å²) < 4.78 is 33.5. The molecule has 2 atom stereocenters. The van der Waals surface area contributed by atoms with Crippen LogP contribution in [0.3, 0.4) is 0 Å². The van der Waals surface area contributed by atoms with Gasteiger partial charge in [-0.1, -0.05) is 25.0 Å². The molecule has 3 N–H and O–H groups in total. The molecule has 8 nitrogen and oxygen atoms in total. The third kappa shape index (κ3) is 3.52. The van der Waals surface area contributed by atoms with E-state index in [-0.39, 0.29) is 33.9 Å².